The van der Waals surface area contributed by atoms with Gasteiger partial charge >= 0.3 is 0 Å². The number of nitrogens with one attached hydrogen (secondary N) is 1. The van der Waals surface area contributed by atoms with Gasteiger partial charge in [0.05, 0.1) is 12.2 Å². The van der Waals surface area contributed by atoms with Crippen LogP contribution < -0.4 is 5.32 Å². The van der Waals surface area contributed by atoms with Crippen LogP contribution in [0.3, 0.4) is 0 Å². The van der Waals surface area contributed by atoms with Gasteiger partial charge in [0.15, 0.2) is 3.77 Å². The Bertz CT molecular complexity index is 455. The highest BCUT2D eigenvalue weighted by molar-refractivity contribution is 14.1. The van der Waals surface area contributed by atoms with E-state index in [1.165, 1.54) is 6.07 Å². The molecule has 0 aliphatic carbocycles. The molecule has 2 rings (SSSR count). The zero-order valence-electron chi connectivity index (χ0n) is 7.84. The van der Waals surface area contributed by atoms with Gasteiger partial charge in [-0.1, -0.05) is 12.1 Å². The Morgan fingerprint density at radius 3 is 2.67 bits per heavy atom. The molecule has 1 aromatic carbocycles. The summed E-state index contributed by atoms with van der Waals surface area (Å²) in [5, 5.41) is 2.97. The van der Waals surface area contributed by atoms with Crippen molar-refractivity contribution in [1.82, 2.24) is 0 Å². The van der Waals surface area contributed by atoms with E-state index in [-0.39, 0.29) is 5.82 Å². The van der Waals surface area contributed by atoms with Crippen LogP contribution in [0.4, 0.5) is 10.1 Å². The average molecular weight is 317 g/mol. The minimum absolute atomic E-state index is 0.251. The second-order valence-corrected chi connectivity index (χ2v) is 4.10. The third-order valence-corrected chi connectivity index (χ3v) is 2.54. The molecule has 0 saturated carbocycles. The van der Waals surface area contributed by atoms with Crippen molar-refractivity contribution in [2.24, 2.45) is 0 Å². The summed E-state index contributed by atoms with van der Waals surface area (Å²) < 4.78 is 19.4. The van der Waals surface area contributed by atoms with E-state index in [9.17, 15) is 4.39 Å². The largest absolute Gasteiger partial charge is 0.454 e. The number of hydrogen-bond acceptors (Lipinski definition) is 2. The maximum absolute atomic E-state index is 13.2. The smallest absolute Gasteiger partial charge is 0.164 e. The molecule has 2 nitrogen and oxygen atoms in total. The Morgan fingerprint density at radius 2 is 2.00 bits per heavy atom. The Kier molecular flexibility index (Phi) is 3.25. The first-order chi connectivity index (χ1) is 7.25. The Labute approximate surface area is 101 Å². The summed E-state index contributed by atoms with van der Waals surface area (Å²) in [6.45, 7) is 0.490. The number of para-hydroxylation sites is 1. The van der Waals surface area contributed by atoms with Crippen LogP contribution in [0.1, 0.15) is 5.76 Å². The molecular weight excluding hydrogens is 308 g/mol. The van der Waals surface area contributed by atoms with Crippen molar-refractivity contribution in [2.75, 3.05) is 5.32 Å². The predicted octanol–water partition coefficient (Wildman–Crippen LogP) is 3.64. The normalized spacial score (nSPS) is 10.3. The average Bonchev–Trinajstić information content (AvgIpc) is 2.63. The molecule has 0 radical (unpaired) electrons. The van der Waals surface area contributed by atoms with Crippen molar-refractivity contribution in [3.05, 3.63) is 51.7 Å². The Morgan fingerprint density at radius 1 is 1.20 bits per heavy atom. The number of anilines is 1. The molecule has 0 fully saturated rings. The topological polar surface area (TPSA) is 25.2 Å². The van der Waals surface area contributed by atoms with E-state index in [2.05, 4.69) is 27.9 Å². The number of furan rings is 1. The van der Waals surface area contributed by atoms with E-state index in [4.69, 9.17) is 4.42 Å². The standard InChI is InChI=1S/C11H9FINO/c12-9-3-1-2-4-10(9)14-7-8-5-6-11(13)15-8/h1-6,14H,7H2. The fourth-order valence-electron chi connectivity index (χ4n) is 1.23. The first kappa shape index (κ1) is 10.5. The van der Waals surface area contributed by atoms with E-state index >= 15 is 0 Å². The van der Waals surface area contributed by atoms with Crippen molar-refractivity contribution in [3.8, 4) is 0 Å². The Hall–Kier alpha value is -1.04. The van der Waals surface area contributed by atoms with Crippen molar-refractivity contribution in [1.29, 1.82) is 0 Å². The van der Waals surface area contributed by atoms with E-state index in [0.717, 1.165) is 9.53 Å². The summed E-state index contributed by atoms with van der Waals surface area (Å²) in [7, 11) is 0. The van der Waals surface area contributed by atoms with Crippen molar-refractivity contribution < 1.29 is 8.81 Å². The lowest BCUT2D eigenvalue weighted by atomic mass is 10.3. The van der Waals surface area contributed by atoms with Crippen LogP contribution in [-0.2, 0) is 6.54 Å². The molecule has 0 unspecified atom stereocenters. The highest BCUT2D eigenvalue weighted by Gasteiger charge is 2.02. The number of rotatable bonds is 3. The first-order valence-corrected chi connectivity index (χ1v) is 5.56. The van der Waals surface area contributed by atoms with Crippen LogP contribution in [0.15, 0.2) is 40.8 Å². The van der Waals surface area contributed by atoms with E-state index in [0.29, 0.717) is 12.2 Å². The molecule has 4 heteroatoms. The summed E-state index contributed by atoms with van der Waals surface area (Å²) in [6.07, 6.45) is 0. The zero-order chi connectivity index (χ0) is 10.7. The summed E-state index contributed by atoms with van der Waals surface area (Å²) in [5.41, 5.74) is 0.490. The molecule has 0 aliphatic heterocycles. The summed E-state index contributed by atoms with van der Waals surface area (Å²) in [6, 6.07) is 10.3. The second kappa shape index (κ2) is 4.65. The van der Waals surface area contributed by atoms with Gasteiger partial charge in [-0.3, -0.25) is 0 Å². The molecule has 0 bridgehead atoms. The minimum atomic E-state index is -0.251. The predicted molar refractivity (Wildman–Crippen MR) is 65.2 cm³/mol. The maximum atomic E-state index is 13.2. The van der Waals surface area contributed by atoms with E-state index < -0.39 is 0 Å². The van der Waals surface area contributed by atoms with Gasteiger partial charge in [0.2, 0.25) is 0 Å². The molecule has 1 heterocycles. The molecule has 0 saturated heterocycles. The monoisotopic (exact) mass is 317 g/mol. The van der Waals surface area contributed by atoms with Gasteiger partial charge in [0, 0.05) is 0 Å². The van der Waals surface area contributed by atoms with Crippen LogP contribution in [0.2, 0.25) is 0 Å². The molecular formula is C11H9FINO. The SMILES string of the molecule is Fc1ccccc1NCc1ccc(I)o1. The third-order valence-electron chi connectivity index (χ3n) is 1.96. The van der Waals surface area contributed by atoms with Gasteiger partial charge in [-0.25, -0.2) is 4.39 Å². The maximum Gasteiger partial charge on any atom is 0.164 e. The van der Waals surface area contributed by atoms with Crippen LogP contribution >= 0.6 is 22.6 Å². The molecule has 2 aromatic rings. The summed E-state index contributed by atoms with van der Waals surface area (Å²) in [5.74, 6) is 0.543. The van der Waals surface area contributed by atoms with Gasteiger partial charge in [-0.2, -0.15) is 0 Å². The molecule has 1 N–H and O–H groups in total. The summed E-state index contributed by atoms with van der Waals surface area (Å²) >= 11 is 2.09. The van der Waals surface area contributed by atoms with Gasteiger partial charge in [-0.15, -0.1) is 0 Å². The van der Waals surface area contributed by atoms with Crippen LogP contribution in [0.5, 0.6) is 0 Å². The fourth-order valence-corrected chi connectivity index (χ4v) is 1.70. The second-order valence-electron chi connectivity index (χ2n) is 3.04. The van der Waals surface area contributed by atoms with Gasteiger partial charge in [0.25, 0.3) is 0 Å². The highest BCUT2D eigenvalue weighted by atomic mass is 127. The summed E-state index contributed by atoms with van der Waals surface area (Å²) in [4.78, 5) is 0. The first-order valence-electron chi connectivity index (χ1n) is 4.48. The Balaban J connectivity index is 2.02. The number of halogens is 2. The van der Waals surface area contributed by atoms with Crippen LogP contribution in [-0.4, -0.2) is 0 Å². The molecule has 1 aromatic heterocycles. The number of benzene rings is 1. The zero-order valence-corrected chi connectivity index (χ0v) is 9.99. The number of hydrogen-bond donors (Lipinski definition) is 1. The van der Waals surface area contributed by atoms with Crippen LogP contribution in [0, 0.1) is 9.58 Å². The van der Waals surface area contributed by atoms with E-state index in [1.54, 1.807) is 18.2 Å². The van der Waals surface area contributed by atoms with Crippen molar-refractivity contribution in [3.63, 3.8) is 0 Å². The van der Waals surface area contributed by atoms with Gasteiger partial charge in [0.1, 0.15) is 11.6 Å². The van der Waals surface area contributed by atoms with Gasteiger partial charge < -0.3 is 9.73 Å². The molecule has 0 amide bonds. The minimum Gasteiger partial charge on any atom is -0.454 e. The molecule has 0 atom stereocenters. The van der Waals surface area contributed by atoms with Crippen molar-refractivity contribution >= 4 is 28.3 Å². The van der Waals surface area contributed by atoms with Gasteiger partial charge in [-0.05, 0) is 46.9 Å². The lowest BCUT2D eigenvalue weighted by Gasteiger charge is -2.04. The molecule has 78 valence electrons. The third kappa shape index (κ3) is 2.71. The molecule has 0 spiro atoms. The lowest BCUT2D eigenvalue weighted by molar-refractivity contribution is 0.492. The van der Waals surface area contributed by atoms with Crippen molar-refractivity contribution in [2.45, 2.75) is 6.54 Å². The lowest BCUT2D eigenvalue weighted by Crippen LogP contribution is -1.99. The fraction of sp³-hybridized carbons (Fsp3) is 0.0909. The van der Waals surface area contributed by atoms with Crippen LogP contribution in [0.25, 0.3) is 0 Å². The molecule has 15 heavy (non-hydrogen) atoms. The highest BCUT2D eigenvalue weighted by Crippen LogP contribution is 2.15. The van der Waals surface area contributed by atoms with E-state index in [1.807, 2.05) is 12.1 Å². The molecule has 0 aliphatic rings. The quantitative estimate of drug-likeness (QED) is 0.875.